The van der Waals surface area contributed by atoms with Crippen molar-refractivity contribution in [3.63, 3.8) is 0 Å². The third-order valence-electron chi connectivity index (χ3n) is 2.59. The van der Waals surface area contributed by atoms with E-state index in [-0.39, 0.29) is 24.5 Å². The van der Waals surface area contributed by atoms with E-state index in [2.05, 4.69) is 10.1 Å². The van der Waals surface area contributed by atoms with Gasteiger partial charge in [-0.1, -0.05) is 0 Å². The van der Waals surface area contributed by atoms with Crippen LogP contribution in [0.15, 0.2) is 12.1 Å². The molecule has 0 heterocycles. The maximum atomic E-state index is 13.4. The van der Waals surface area contributed by atoms with Crippen molar-refractivity contribution in [3.8, 4) is 0 Å². The van der Waals surface area contributed by atoms with E-state index in [1.165, 1.54) is 7.11 Å². The number of hydrogen-bond donors (Lipinski definition) is 1. The molecule has 0 aliphatic rings. The van der Waals surface area contributed by atoms with Crippen molar-refractivity contribution in [3.05, 3.63) is 39.4 Å². The average Bonchev–Trinajstić information content (AvgIpc) is 2.39. The fraction of sp³-hybridized carbons (Fsp3) is 0.417. The minimum absolute atomic E-state index is 0.00355. The highest BCUT2D eigenvalue weighted by Gasteiger charge is 2.18. The van der Waals surface area contributed by atoms with Gasteiger partial charge in [0.15, 0.2) is 0 Å². The van der Waals surface area contributed by atoms with Gasteiger partial charge in [0.25, 0.3) is 0 Å². The molecule has 0 spiro atoms. The summed E-state index contributed by atoms with van der Waals surface area (Å²) in [5.74, 6) is -2.41. The second-order valence-electron chi connectivity index (χ2n) is 4.01. The van der Waals surface area contributed by atoms with E-state index in [9.17, 15) is 23.7 Å². The van der Waals surface area contributed by atoms with Crippen LogP contribution in [0, 0.1) is 21.7 Å². The number of hydrogen-bond acceptors (Lipinski definition) is 5. The molecule has 20 heavy (non-hydrogen) atoms. The van der Waals surface area contributed by atoms with Gasteiger partial charge in [0, 0.05) is 30.7 Å². The fourth-order valence-corrected chi connectivity index (χ4v) is 1.54. The van der Waals surface area contributed by atoms with Gasteiger partial charge in [-0.15, -0.1) is 0 Å². The number of carbonyl (C=O) groups excluding carboxylic acids is 1. The molecular weight excluding hydrogens is 274 g/mol. The van der Waals surface area contributed by atoms with Crippen molar-refractivity contribution in [1.29, 1.82) is 0 Å². The van der Waals surface area contributed by atoms with Crippen molar-refractivity contribution in [2.45, 2.75) is 19.4 Å². The predicted molar refractivity (Wildman–Crippen MR) is 66.0 cm³/mol. The molecule has 1 aromatic rings. The number of nitrogens with zero attached hydrogens (tertiary/aromatic N) is 1. The largest absolute Gasteiger partial charge is 0.469 e. The van der Waals surface area contributed by atoms with Crippen molar-refractivity contribution >= 4 is 11.7 Å². The predicted octanol–water partition coefficient (Wildman–Crippen LogP) is 1.92. The Morgan fingerprint density at radius 1 is 1.40 bits per heavy atom. The summed E-state index contributed by atoms with van der Waals surface area (Å²) in [4.78, 5) is 20.5. The van der Waals surface area contributed by atoms with Crippen LogP contribution in [0.3, 0.4) is 0 Å². The van der Waals surface area contributed by atoms with Gasteiger partial charge in [-0.25, -0.2) is 4.39 Å². The molecule has 1 rings (SSSR count). The minimum Gasteiger partial charge on any atom is -0.469 e. The van der Waals surface area contributed by atoms with E-state index in [4.69, 9.17) is 0 Å². The normalized spacial score (nSPS) is 10.3. The highest BCUT2D eigenvalue weighted by atomic mass is 19.1. The number of halogens is 2. The van der Waals surface area contributed by atoms with E-state index < -0.39 is 22.2 Å². The number of ether oxygens (including phenoxy) is 1. The summed E-state index contributed by atoms with van der Waals surface area (Å²) < 4.78 is 31.0. The Kier molecular flexibility index (Phi) is 5.98. The zero-order valence-electron chi connectivity index (χ0n) is 10.8. The van der Waals surface area contributed by atoms with Crippen LogP contribution >= 0.6 is 0 Å². The first kappa shape index (κ1) is 16.0. The summed E-state index contributed by atoms with van der Waals surface area (Å²) in [6.07, 6.45) is 0.702. The van der Waals surface area contributed by atoms with E-state index in [1.807, 2.05) is 0 Å². The standard InChI is InChI=1S/C12H14F2N2O4/c1-20-12(17)3-2-4-15-7-8-5-11(16(18)19)10(14)6-9(8)13/h5-6,15H,2-4,7H2,1H3. The number of methoxy groups -OCH3 is 1. The Balaban J connectivity index is 2.53. The molecule has 0 saturated heterocycles. The third-order valence-corrected chi connectivity index (χ3v) is 2.59. The van der Waals surface area contributed by atoms with Gasteiger partial charge in [-0.05, 0) is 13.0 Å². The number of nitrogens with one attached hydrogen (secondary N) is 1. The van der Waals surface area contributed by atoms with Gasteiger partial charge < -0.3 is 10.1 Å². The van der Waals surface area contributed by atoms with E-state index in [1.54, 1.807) is 0 Å². The summed E-state index contributed by atoms with van der Waals surface area (Å²) >= 11 is 0. The van der Waals surface area contributed by atoms with Gasteiger partial charge in [-0.2, -0.15) is 4.39 Å². The molecule has 0 unspecified atom stereocenters. The maximum Gasteiger partial charge on any atom is 0.305 e. The molecular formula is C12H14F2N2O4. The molecule has 6 nitrogen and oxygen atoms in total. The quantitative estimate of drug-likeness (QED) is 0.359. The molecule has 0 fully saturated rings. The molecule has 0 aromatic heterocycles. The highest BCUT2D eigenvalue weighted by Crippen LogP contribution is 2.21. The summed E-state index contributed by atoms with van der Waals surface area (Å²) in [5, 5.41) is 13.4. The number of nitro groups is 1. The lowest BCUT2D eigenvalue weighted by molar-refractivity contribution is -0.387. The van der Waals surface area contributed by atoms with Crippen LogP contribution in [-0.4, -0.2) is 24.5 Å². The van der Waals surface area contributed by atoms with E-state index in [0.717, 1.165) is 6.07 Å². The van der Waals surface area contributed by atoms with Crippen LogP contribution in [0.5, 0.6) is 0 Å². The zero-order chi connectivity index (χ0) is 15.1. The lowest BCUT2D eigenvalue weighted by Gasteiger charge is -2.06. The number of esters is 1. The Morgan fingerprint density at radius 3 is 2.70 bits per heavy atom. The molecule has 0 radical (unpaired) electrons. The van der Waals surface area contributed by atoms with E-state index >= 15 is 0 Å². The second-order valence-corrected chi connectivity index (χ2v) is 4.01. The number of rotatable bonds is 7. The SMILES string of the molecule is COC(=O)CCCNCc1cc([N+](=O)[O-])c(F)cc1F. The van der Waals surface area contributed by atoms with Crippen LogP contribution < -0.4 is 5.32 Å². The first-order chi connectivity index (χ1) is 9.45. The van der Waals surface area contributed by atoms with Gasteiger partial charge in [0.1, 0.15) is 5.82 Å². The molecule has 0 aliphatic heterocycles. The molecule has 0 aliphatic carbocycles. The van der Waals surface area contributed by atoms with Crippen molar-refractivity contribution < 1.29 is 23.2 Å². The summed E-state index contributed by atoms with van der Waals surface area (Å²) in [7, 11) is 1.28. The number of benzene rings is 1. The summed E-state index contributed by atoms with van der Waals surface area (Å²) in [6.45, 7) is 0.411. The fourth-order valence-electron chi connectivity index (χ4n) is 1.54. The van der Waals surface area contributed by atoms with Gasteiger partial charge in [0.05, 0.1) is 12.0 Å². The maximum absolute atomic E-state index is 13.4. The molecule has 110 valence electrons. The molecule has 0 atom stereocenters. The molecule has 1 aromatic carbocycles. The second kappa shape index (κ2) is 7.49. The topological polar surface area (TPSA) is 81.5 Å². The smallest absolute Gasteiger partial charge is 0.305 e. The van der Waals surface area contributed by atoms with Crippen molar-refractivity contribution in [1.82, 2.24) is 5.32 Å². The van der Waals surface area contributed by atoms with Gasteiger partial charge in [-0.3, -0.25) is 14.9 Å². The first-order valence-corrected chi connectivity index (χ1v) is 5.85. The Labute approximate surface area is 113 Å². The lowest BCUT2D eigenvalue weighted by Crippen LogP contribution is -2.17. The van der Waals surface area contributed by atoms with Crippen molar-refractivity contribution in [2.24, 2.45) is 0 Å². The highest BCUT2D eigenvalue weighted by molar-refractivity contribution is 5.69. The number of nitro benzene ring substituents is 1. The van der Waals surface area contributed by atoms with Crippen LogP contribution in [0.1, 0.15) is 18.4 Å². The van der Waals surface area contributed by atoms with Crippen molar-refractivity contribution in [2.75, 3.05) is 13.7 Å². The van der Waals surface area contributed by atoms with Gasteiger partial charge in [0.2, 0.25) is 5.82 Å². The van der Waals surface area contributed by atoms with Gasteiger partial charge >= 0.3 is 11.7 Å². The Morgan fingerprint density at radius 2 is 2.10 bits per heavy atom. The Hall–Kier alpha value is -2.09. The molecule has 0 bridgehead atoms. The minimum atomic E-state index is -1.21. The van der Waals surface area contributed by atoms with Crippen LogP contribution in [-0.2, 0) is 16.1 Å². The summed E-state index contributed by atoms with van der Waals surface area (Å²) in [6, 6.07) is 1.35. The van der Waals surface area contributed by atoms with Crippen LogP contribution in [0.4, 0.5) is 14.5 Å². The average molecular weight is 288 g/mol. The summed E-state index contributed by atoms with van der Waals surface area (Å²) in [5.41, 5.74) is -0.770. The molecule has 0 amide bonds. The molecule has 0 saturated carbocycles. The first-order valence-electron chi connectivity index (χ1n) is 5.85. The lowest BCUT2D eigenvalue weighted by atomic mass is 10.1. The third kappa shape index (κ3) is 4.54. The van der Waals surface area contributed by atoms with Crippen LogP contribution in [0.2, 0.25) is 0 Å². The number of carbonyl (C=O) groups is 1. The monoisotopic (exact) mass is 288 g/mol. The van der Waals surface area contributed by atoms with E-state index in [0.29, 0.717) is 19.0 Å². The zero-order valence-corrected chi connectivity index (χ0v) is 10.8. The van der Waals surface area contributed by atoms with Crippen LogP contribution in [0.25, 0.3) is 0 Å². The molecule has 8 heteroatoms. The Bertz CT molecular complexity index is 508. The molecule has 1 N–H and O–H groups in total.